The summed E-state index contributed by atoms with van der Waals surface area (Å²) in [6.45, 7) is 0.483. The topological polar surface area (TPSA) is 137 Å². The van der Waals surface area contributed by atoms with Crippen LogP contribution in [0.4, 0.5) is 17.5 Å². The minimum absolute atomic E-state index is 0. The molecule has 4 aromatic rings. The summed E-state index contributed by atoms with van der Waals surface area (Å²) in [5.74, 6) is 0.425. The van der Waals surface area contributed by atoms with Crippen LogP contribution in [0.5, 0.6) is 0 Å². The molecule has 0 unspecified atom stereocenters. The fourth-order valence-electron chi connectivity index (χ4n) is 3.72. The molecule has 1 aliphatic heterocycles. The minimum Gasteiger partial charge on any atom is -0.368 e. The molecule has 164 valence electrons. The molecule has 13 heteroatoms. The Kier molecular flexibility index (Phi) is 5.48. The SMILES string of the molecule is Nc1ncc([N+](=O)[O-])c(N2CC[C@H]2c2nn3ccc(Cl)c3c(=O)n2-c2ccccc2)n1.S. The fourth-order valence-corrected chi connectivity index (χ4v) is 3.94. The largest absolute Gasteiger partial charge is 0.368 e. The number of nitro groups is 1. The van der Waals surface area contributed by atoms with Crippen LogP contribution in [0.1, 0.15) is 18.3 Å². The molecular formula is C19H17ClN8O3S. The highest BCUT2D eigenvalue weighted by atomic mass is 35.5. The minimum atomic E-state index is -0.559. The fraction of sp³-hybridized carbons (Fsp3) is 0.158. The Labute approximate surface area is 192 Å². The lowest BCUT2D eigenvalue weighted by molar-refractivity contribution is -0.384. The predicted octanol–water partition coefficient (Wildman–Crippen LogP) is 2.48. The van der Waals surface area contributed by atoms with Crippen LogP contribution >= 0.6 is 25.1 Å². The van der Waals surface area contributed by atoms with E-state index < -0.39 is 11.0 Å². The monoisotopic (exact) mass is 472 g/mol. The molecule has 0 amide bonds. The number of nitrogens with zero attached hydrogens (tertiary/aromatic N) is 7. The van der Waals surface area contributed by atoms with E-state index in [1.165, 1.54) is 9.08 Å². The van der Waals surface area contributed by atoms with E-state index >= 15 is 0 Å². The predicted molar refractivity (Wildman–Crippen MR) is 124 cm³/mol. The van der Waals surface area contributed by atoms with E-state index in [0.717, 1.165) is 6.20 Å². The third kappa shape index (κ3) is 3.33. The highest BCUT2D eigenvalue weighted by Crippen LogP contribution is 2.40. The number of aromatic nitrogens is 5. The molecule has 2 N–H and O–H groups in total. The molecule has 0 saturated carbocycles. The lowest BCUT2D eigenvalue weighted by Crippen LogP contribution is -2.45. The molecule has 0 spiro atoms. The van der Waals surface area contributed by atoms with Crippen molar-refractivity contribution in [1.82, 2.24) is 24.1 Å². The van der Waals surface area contributed by atoms with Gasteiger partial charge in [0.2, 0.25) is 11.8 Å². The Morgan fingerprint density at radius 2 is 1.97 bits per heavy atom. The first-order chi connectivity index (χ1) is 15.0. The number of fused-ring (bicyclic) bond motifs is 1. The van der Waals surface area contributed by atoms with Crippen molar-refractivity contribution in [3.63, 3.8) is 0 Å². The summed E-state index contributed by atoms with van der Waals surface area (Å²) in [6, 6.07) is 10.2. The number of para-hydroxylation sites is 1. The lowest BCUT2D eigenvalue weighted by Gasteiger charge is -2.41. The average Bonchev–Trinajstić information content (AvgIpc) is 3.09. The van der Waals surface area contributed by atoms with Crippen molar-refractivity contribution in [3.8, 4) is 5.69 Å². The summed E-state index contributed by atoms with van der Waals surface area (Å²) in [5.41, 5.74) is 5.94. The van der Waals surface area contributed by atoms with Gasteiger partial charge >= 0.3 is 5.69 Å². The first-order valence-electron chi connectivity index (χ1n) is 9.34. The molecule has 4 heterocycles. The molecule has 0 radical (unpaired) electrons. The van der Waals surface area contributed by atoms with E-state index in [0.29, 0.717) is 29.5 Å². The zero-order valence-electron chi connectivity index (χ0n) is 16.4. The maximum absolute atomic E-state index is 13.4. The number of nitrogens with two attached hydrogens (primary N) is 1. The Bertz CT molecular complexity index is 1390. The smallest absolute Gasteiger partial charge is 0.329 e. The lowest BCUT2D eigenvalue weighted by atomic mass is 10.0. The Hall–Kier alpha value is -3.64. The van der Waals surface area contributed by atoms with Gasteiger partial charge in [-0.05, 0) is 24.6 Å². The van der Waals surface area contributed by atoms with Crippen LogP contribution in [-0.2, 0) is 0 Å². The van der Waals surface area contributed by atoms with E-state index in [-0.39, 0.29) is 42.0 Å². The third-order valence-corrected chi connectivity index (χ3v) is 5.54. The van der Waals surface area contributed by atoms with Gasteiger partial charge in [0.25, 0.3) is 5.56 Å². The molecule has 1 aliphatic rings. The summed E-state index contributed by atoms with van der Waals surface area (Å²) in [5, 5.41) is 16.4. The van der Waals surface area contributed by atoms with E-state index in [4.69, 9.17) is 17.3 Å². The molecule has 5 rings (SSSR count). The zero-order valence-corrected chi connectivity index (χ0v) is 18.2. The van der Waals surface area contributed by atoms with E-state index in [1.807, 2.05) is 18.2 Å². The van der Waals surface area contributed by atoms with Crippen LogP contribution in [0.2, 0.25) is 5.02 Å². The van der Waals surface area contributed by atoms with Crippen molar-refractivity contribution in [1.29, 1.82) is 0 Å². The molecule has 3 aromatic heterocycles. The maximum atomic E-state index is 13.4. The molecular weight excluding hydrogens is 456 g/mol. The first-order valence-corrected chi connectivity index (χ1v) is 9.72. The van der Waals surface area contributed by atoms with Gasteiger partial charge in [0.1, 0.15) is 11.7 Å². The van der Waals surface area contributed by atoms with Crippen molar-refractivity contribution in [3.05, 3.63) is 80.1 Å². The van der Waals surface area contributed by atoms with Crippen LogP contribution in [0.3, 0.4) is 0 Å². The van der Waals surface area contributed by atoms with Crippen LogP contribution in [-0.4, -0.2) is 35.6 Å². The molecule has 32 heavy (non-hydrogen) atoms. The third-order valence-electron chi connectivity index (χ3n) is 5.23. The summed E-state index contributed by atoms with van der Waals surface area (Å²) in [7, 11) is 0. The normalized spacial score (nSPS) is 15.3. The first kappa shape index (κ1) is 21.6. The second-order valence-electron chi connectivity index (χ2n) is 6.98. The van der Waals surface area contributed by atoms with Crippen LogP contribution in [0.25, 0.3) is 11.2 Å². The Balaban J connectivity index is 0.00000245. The second-order valence-corrected chi connectivity index (χ2v) is 7.39. The van der Waals surface area contributed by atoms with Gasteiger partial charge in [-0.25, -0.2) is 9.50 Å². The number of anilines is 2. The molecule has 0 bridgehead atoms. The number of benzene rings is 1. The van der Waals surface area contributed by atoms with Gasteiger partial charge in [0.05, 0.1) is 21.7 Å². The van der Waals surface area contributed by atoms with E-state index in [2.05, 4.69) is 15.1 Å². The van der Waals surface area contributed by atoms with Crippen molar-refractivity contribution < 1.29 is 4.92 Å². The highest BCUT2D eigenvalue weighted by Gasteiger charge is 2.39. The van der Waals surface area contributed by atoms with E-state index in [1.54, 1.807) is 29.3 Å². The number of halogens is 1. The summed E-state index contributed by atoms with van der Waals surface area (Å²) < 4.78 is 2.91. The molecule has 1 atom stereocenters. The number of hydrogen-bond acceptors (Lipinski definition) is 8. The molecule has 1 fully saturated rings. The molecule has 1 aromatic carbocycles. The van der Waals surface area contributed by atoms with Crippen molar-refractivity contribution in [2.75, 3.05) is 17.2 Å². The van der Waals surface area contributed by atoms with Crippen LogP contribution < -0.4 is 16.2 Å². The Morgan fingerprint density at radius 3 is 2.62 bits per heavy atom. The van der Waals surface area contributed by atoms with Crippen molar-refractivity contribution in [2.45, 2.75) is 12.5 Å². The van der Waals surface area contributed by atoms with Gasteiger partial charge in [-0.15, -0.1) is 0 Å². The average molecular weight is 473 g/mol. The van der Waals surface area contributed by atoms with Crippen molar-refractivity contribution >= 4 is 48.1 Å². The quantitative estimate of drug-likeness (QED) is 0.353. The van der Waals surface area contributed by atoms with Gasteiger partial charge in [-0.2, -0.15) is 23.6 Å². The standard InChI is InChI=1S/C19H15ClN8O3.H2S/c20-12-6-9-26-15(12)18(29)27(11-4-2-1-3-5-11)17(24-26)13-7-8-25(13)16-14(28(30)31)10-22-19(21)23-16;/h1-6,9-10,13H,7-8H2,(H2,21,22,23);1H2/t13-;/m0./s1. The van der Waals surface area contributed by atoms with Gasteiger partial charge in [-0.1, -0.05) is 29.8 Å². The van der Waals surface area contributed by atoms with Crippen LogP contribution in [0, 0.1) is 10.1 Å². The van der Waals surface area contributed by atoms with Gasteiger partial charge in [0, 0.05) is 12.7 Å². The second kappa shape index (κ2) is 8.13. The van der Waals surface area contributed by atoms with Crippen LogP contribution in [0.15, 0.2) is 53.6 Å². The van der Waals surface area contributed by atoms with E-state index in [9.17, 15) is 14.9 Å². The molecule has 0 aliphatic carbocycles. The zero-order chi connectivity index (χ0) is 21.7. The van der Waals surface area contributed by atoms with Crippen molar-refractivity contribution in [2.24, 2.45) is 0 Å². The number of nitrogen functional groups attached to an aromatic ring is 1. The van der Waals surface area contributed by atoms with Gasteiger partial charge < -0.3 is 10.6 Å². The summed E-state index contributed by atoms with van der Waals surface area (Å²) in [4.78, 5) is 33.9. The van der Waals surface area contributed by atoms with Gasteiger partial charge in [0.15, 0.2) is 5.82 Å². The summed E-state index contributed by atoms with van der Waals surface area (Å²) >= 11 is 6.22. The number of rotatable bonds is 4. The molecule has 11 nitrogen and oxygen atoms in total. The maximum Gasteiger partial charge on any atom is 0.329 e. The summed E-state index contributed by atoms with van der Waals surface area (Å²) in [6.07, 6.45) is 3.30. The highest BCUT2D eigenvalue weighted by molar-refractivity contribution is 7.59. The molecule has 1 saturated heterocycles. The Morgan fingerprint density at radius 1 is 1.22 bits per heavy atom. The van der Waals surface area contributed by atoms with Gasteiger partial charge in [-0.3, -0.25) is 19.5 Å². The number of hydrogen-bond donors (Lipinski definition) is 1.